The summed E-state index contributed by atoms with van der Waals surface area (Å²) in [6.07, 6.45) is 0. The SMILES string of the molecule is CC(C)CNc1nc2ccccc2s1. The highest BCUT2D eigenvalue weighted by molar-refractivity contribution is 7.22. The molecule has 2 nitrogen and oxygen atoms in total. The average Bonchev–Trinajstić information content (AvgIpc) is 2.57. The fraction of sp³-hybridized carbons (Fsp3) is 0.364. The van der Waals surface area contributed by atoms with Gasteiger partial charge in [-0.05, 0) is 18.1 Å². The molecule has 0 radical (unpaired) electrons. The molecule has 0 bridgehead atoms. The molecule has 1 N–H and O–H groups in total. The first kappa shape index (κ1) is 9.46. The number of nitrogens with zero attached hydrogens (tertiary/aromatic N) is 1. The molecule has 74 valence electrons. The summed E-state index contributed by atoms with van der Waals surface area (Å²) in [6.45, 7) is 5.38. The van der Waals surface area contributed by atoms with Crippen molar-refractivity contribution in [2.24, 2.45) is 5.92 Å². The largest absolute Gasteiger partial charge is 0.361 e. The lowest BCUT2D eigenvalue weighted by molar-refractivity contribution is 0.688. The Morgan fingerprint density at radius 1 is 1.36 bits per heavy atom. The van der Waals surface area contributed by atoms with Crippen LogP contribution in [0.15, 0.2) is 24.3 Å². The van der Waals surface area contributed by atoms with Gasteiger partial charge in [0.25, 0.3) is 0 Å². The lowest BCUT2D eigenvalue weighted by Gasteiger charge is -2.03. The summed E-state index contributed by atoms with van der Waals surface area (Å²) in [5.41, 5.74) is 1.09. The minimum absolute atomic E-state index is 0.655. The molecule has 1 aromatic carbocycles. The molecule has 0 saturated heterocycles. The van der Waals surface area contributed by atoms with Crippen LogP contribution in [-0.4, -0.2) is 11.5 Å². The molecule has 0 aliphatic carbocycles. The fourth-order valence-electron chi connectivity index (χ4n) is 1.24. The van der Waals surface area contributed by atoms with Crippen molar-refractivity contribution in [3.63, 3.8) is 0 Å². The van der Waals surface area contributed by atoms with Gasteiger partial charge in [-0.2, -0.15) is 0 Å². The van der Waals surface area contributed by atoms with E-state index in [2.05, 4.69) is 30.2 Å². The smallest absolute Gasteiger partial charge is 0.183 e. The van der Waals surface area contributed by atoms with Crippen molar-refractivity contribution in [3.05, 3.63) is 24.3 Å². The van der Waals surface area contributed by atoms with Crippen molar-refractivity contribution in [1.29, 1.82) is 0 Å². The maximum Gasteiger partial charge on any atom is 0.183 e. The zero-order valence-corrected chi connectivity index (χ0v) is 9.27. The minimum atomic E-state index is 0.655. The fourth-order valence-corrected chi connectivity index (χ4v) is 2.11. The van der Waals surface area contributed by atoms with Gasteiger partial charge in [0.15, 0.2) is 5.13 Å². The average molecular weight is 206 g/mol. The summed E-state index contributed by atoms with van der Waals surface area (Å²) in [4.78, 5) is 4.49. The summed E-state index contributed by atoms with van der Waals surface area (Å²) in [7, 11) is 0. The number of rotatable bonds is 3. The van der Waals surface area contributed by atoms with E-state index >= 15 is 0 Å². The van der Waals surface area contributed by atoms with E-state index in [0.29, 0.717) is 5.92 Å². The molecule has 3 heteroatoms. The Hall–Kier alpha value is -1.09. The molecule has 1 heterocycles. The van der Waals surface area contributed by atoms with Gasteiger partial charge < -0.3 is 5.32 Å². The summed E-state index contributed by atoms with van der Waals surface area (Å²) in [5, 5.41) is 4.37. The van der Waals surface area contributed by atoms with Gasteiger partial charge in [0.2, 0.25) is 0 Å². The van der Waals surface area contributed by atoms with Crippen LogP contribution in [0.25, 0.3) is 10.2 Å². The molecule has 0 amide bonds. The zero-order valence-electron chi connectivity index (χ0n) is 8.45. The summed E-state index contributed by atoms with van der Waals surface area (Å²) < 4.78 is 1.25. The Bertz CT molecular complexity index is 387. The van der Waals surface area contributed by atoms with E-state index < -0.39 is 0 Å². The standard InChI is InChI=1S/C11H14N2S/c1-8(2)7-12-11-13-9-5-3-4-6-10(9)14-11/h3-6,8H,7H2,1-2H3,(H,12,13). The molecule has 0 fully saturated rings. The maximum absolute atomic E-state index is 4.49. The number of hydrogen-bond acceptors (Lipinski definition) is 3. The lowest BCUT2D eigenvalue weighted by atomic mass is 10.2. The van der Waals surface area contributed by atoms with Crippen LogP contribution < -0.4 is 5.32 Å². The lowest BCUT2D eigenvalue weighted by Crippen LogP contribution is -2.07. The molecule has 1 aromatic heterocycles. The van der Waals surface area contributed by atoms with Gasteiger partial charge in [0.1, 0.15) is 0 Å². The molecule has 0 spiro atoms. The van der Waals surface area contributed by atoms with E-state index in [0.717, 1.165) is 17.2 Å². The summed E-state index contributed by atoms with van der Waals surface area (Å²) in [6, 6.07) is 8.22. The van der Waals surface area contributed by atoms with Crippen molar-refractivity contribution in [2.75, 3.05) is 11.9 Å². The predicted molar refractivity (Wildman–Crippen MR) is 62.9 cm³/mol. The molecule has 0 aliphatic rings. The second-order valence-electron chi connectivity index (χ2n) is 3.76. The molecular formula is C11H14N2S. The van der Waals surface area contributed by atoms with E-state index in [1.54, 1.807) is 11.3 Å². The van der Waals surface area contributed by atoms with Crippen LogP contribution in [0.4, 0.5) is 5.13 Å². The third-order valence-corrected chi connectivity index (χ3v) is 2.95. The number of fused-ring (bicyclic) bond motifs is 1. The maximum atomic E-state index is 4.49. The third-order valence-electron chi connectivity index (χ3n) is 1.96. The number of nitrogens with one attached hydrogen (secondary N) is 1. The van der Waals surface area contributed by atoms with E-state index in [9.17, 15) is 0 Å². The molecule has 0 atom stereocenters. The predicted octanol–water partition coefficient (Wildman–Crippen LogP) is 3.36. The van der Waals surface area contributed by atoms with E-state index in [1.807, 2.05) is 18.2 Å². The van der Waals surface area contributed by atoms with Crippen LogP contribution >= 0.6 is 11.3 Å². The molecule has 0 saturated carbocycles. The van der Waals surface area contributed by atoms with Gasteiger partial charge in [0.05, 0.1) is 10.2 Å². The van der Waals surface area contributed by atoms with Crippen molar-refractivity contribution < 1.29 is 0 Å². The summed E-state index contributed by atoms with van der Waals surface area (Å²) in [5.74, 6) is 0.655. The van der Waals surface area contributed by atoms with Crippen LogP contribution in [0.2, 0.25) is 0 Å². The van der Waals surface area contributed by atoms with Crippen molar-refractivity contribution in [1.82, 2.24) is 4.98 Å². The van der Waals surface area contributed by atoms with Gasteiger partial charge in [-0.3, -0.25) is 0 Å². The van der Waals surface area contributed by atoms with Gasteiger partial charge >= 0.3 is 0 Å². The highest BCUT2D eigenvalue weighted by Crippen LogP contribution is 2.25. The Labute approximate surface area is 88.0 Å². The van der Waals surface area contributed by atoms with E-state index in [1.165, 1.54) is 4.70 Å². The highest BCUT2D eigenvalue weighted by atomic mass is 32.1. The molecule has 0 unspecified atom stereocenters. The molecule has 2 aromatic rings. The van der Waals surface area contributed by atoms with Gasteiger partial charge in [0, 0.05) is 6.54 Å². The van der Waals surface area contributed by atoms with Gasteiger partial charge in [-0.15, -0.1) is 0 Å². The Morgan fingerprint density at radius 3 is 2.86 bits per heavy atom. The van der Waals surface area contributed by atoms with Crippen LogP contribution in [0.1, 0.15) is 13.8 Å². The van der Waals surface area contributed by atoms with Crippen LogP contribution in [0, 0.1) is 5.92 Å². The van der Waals surface area contributed by atoms with Crippen molar-refractivity contribution in [3.8, 4) is 0 Å². The number of thiazole rings is 1. The van der Waals surface area contributed by atoms with E-state index in [4.69, 9.17) is 0 Å². The first-order chi connectivity index (χ1) is 6.75. The monoisotopic (exact) mass is 206 g/mol. The summed E-state index contributed by atoms with van der Waals surface area (Å²) >= 11 is 1.72. The first-order valence-electron chi connectivity index (χ1n) is 4.85. The number of aromatic nitrogens is 1. The molecular weight excluding hydrogens is 192 g/mol. The number of benzene rings is 1. The van der Waals surface area contributed by atoms with E-state index in [-0.39, 0.29) is 0 Å². The Balaban J connectivity index is 2.19. The highest BCUT2D eigenvalue weighted by Gasteiger charge is 2.02. The first-order valence-corrected chi connectivity index (χ1v) is 5.67. The molecule has 2 rings (SSSR count). The van der Waals surface area contributed by atoms with Crippen molar-refractivity contribution >= 4 is 26.7 Å². The zero-order chi connectivity index (χ0) is 9.97. The second-order valence-corrected chi connectivity index (χ2v) is 4.79. The Kier molecular flexibility index (Phi) is 2.68. The number of para-hydroxylation sites is 1. The normalized spacial score (nSPS) is 11.1. The van der Waals surface area contributed by atoms with Gasteiger partial charge in [-0.1, -0.05) is 37.3 Å². The third kappa shape index (κ3) is 2.04. The van der Waals surface area contributed by atoms with Crippen molar-refractivity contribution in [2.45, 2.75) is 13.8 Å². The number of anilines is 1. The molecule has 0 aliphatic heterocycles. The Morgan fingerprint density at radius 2 is 2.14 bits per heavy atom. The minimum Gasteiger partial charge on any atom is -0.361 e. The van der Waals surface area contributed by atoms with Gasteiger partial charge in [-0.25, -0.2) is 4.98 Å². The number of hydrogen-bond donors (Lipinski definition) is 1. The van der Waals surface area contributed by atoms with Crippen LogP contribution in [-0.2, 0) is 0 Å². The van der Waals surface area contributed by atoms with Crippen LogP contribution in [0.3, 0.4) is 0 Å². The molecule has 14 heavy (non-hydrogen) atoms. The topological polar surface area (TPSA) is 24.9 Å². The quantitative estimate of drug-likeness (QED) is 0.833. The second kappa shape index (κ2) is 3.96. The van der Waals surface area contributed by atoms with Crippen LogP contribution in [0.5, 0.6) is 0 Å².